The van der Waals surface area contributed by atoms with Gasteiger partial charge in [-0.05, 0) is 19.1 Å². The van der Waals surface area contributed by atoms with Crippen LogP contribution in [0.25, 0.3) is 0 Å². The number of rotatable bonds is 6. The molecule has 1 aromatic carbocycles. The van der Waals surface area contributed by atoms with Gasteiger partial charge in [0.25, 0.3) is 0 Å². The standard InChI is InChI=1S/C13H20O4/c1-9(14)7-10-11(8-15-2)13(17-4)6-5-12(10)16-3/h5-6,9,14H,7-8H2,1-4H3. The van der Waals surface area contributed by atoms with Gasteiger partial charge in [-0.3, -0.25) is 0 Å². The van der Waals surface area contributed by atoms with Gasteiger partial charge in [-0.1, -0.05) is 0 Å². The van der Waals surface area contributed by atoms with E-state index in [0.717, 1.165) is 22.6 Å². The molecule has 0 aliphatic heterocycles. The molecule has 1 unspecified atom stereocenters. The molecule has 0 spiro atoms. The van der Waals surface area contributed by atoms with E-state index in [-0.39, 0.29) is 0 Å². The van der Waals surface area contributed by atoms with Gasteiger partial charge < -0.3 is 19.3 Å². The van der Waals surface area contributed by atoms with E-state index in [9.17, 15) is 5.11 Å². The van der Waals surface area contributed by atoms with Gasteiger partial charge in [-0.15, -0.1) is 0 Å². The highest BCUT2D eigenvalue weighted by Crippen LogP contribution is 2.32. The van der Waals surface area contributed by atoms with E-state index in [1.165, 1.54) is 0 Å². The van der Waals surface area contributed by atoms with Crippen LogP contribution >= 0.6 is 0 Å². The molecule has 1 N–H and O–H groups in total. The summed E-state index contributed by atoms with van der Waals surface area (Å²) < 4.78 is 15.8. The van der Waals surface area contributed by atoms with E-state index in [1.54, 1.807) is 28.3 Å². The number of benzene rings is 1. The Morgan fingerprint density at radius 1 is 1.06 bits per heavy atom. The highest BCUT2D eigenvalue weighted by Gasteiger charge is 2.16. The molecule has 0 amide bonds. The van der Waals surface area contributed by atoms with Crippen molar-refractivity contribution in [1.29, 1.82) is 0 Å². The minimum Gasteiger partial charge on any atom is -0.496 e. The van der Waals surface area contributed by atoms with Crippen LogP contribution in [0.1, 0.15) is 18.1 Å². The second-order valence-corrected chi connectivity index (χ2v) is 3.91. The topological polar surface area (TPSA) is 47.9 Å². The molecule has 0 heterocycles. The summed E-state index contributed by atoms with van der Waals surface area (Å²) in [4.78, 5) is 0. The monoisotopic (exact) mass is 240 g/mol. The van der Waals surface area contributed by atoms with Gasteiger partial charge in [0, 0.05) is 24.7 Å². The van der Waals surface area contributed by atoms with Crippen LogP contribution in [0, 0.1) is 0 Å². The van der Waals surface area contributed by atoms with E-state index >= 15 is 0 Å². The van der Waals surface area contributed by atoms with Crippen molar-refractivity contribution in [2.45, 2.75) is 26.1 Å². The predicted octanol–water partition coefficient (Wildman–Crippen LogP) is 1.77. The fourth-order valence-corrected chi connectivity index (χ4v) is 1.85. The summed E-state index contributed by atoms with van der Waals surface area (Å²) in [7, 11) is 4.86. The van der Waals surface area contributed by atoms with Crippen LogP contribution in [0.4, 0.5) is 0 Å². The summed E-state index contributed by atoms with van der Waals surface area (Å²) >= 11 is 0. The van der Waals surface area contributed by atoms with Crippen LogP contribution in [0.2, 0.25) is 0 Å². The summed E-state index contributed by atoms with van der Waals surface area (Å²) in [6.07, 6.45) is 0.0746. The van der Waals surface area contributed by atoms with Crippen LogP contribution in [-0.2, 0) is 17.8 Å². The lowest BCUT2D eigenvalue weighted by molar-refractivity contribution is 0.174. The second-order valence-electron chi connectivity index (χ2n) is 3.91. The molecule has 0 saturated heterocycles. The molecule has 0 fully saturated rings. The van der Waals surface area contributed by atoms with Crippen LogP contribution in [0.3, 0.4) is 0 Å². The molecule has 0 aromatic heterocycles. The molecule has 0 aliphatic carbocycles. The summed E-state index contributed by atoms with van der Waals surface area (Å²) in [6, 6.07) is 3.69. The van der Waals surface area contributed by atoms with Crippen molar-refractivity contribution in [2.24, 2.45) is 0 Å². The van der Waals surface area contributed by atoms with Gasteiger partial charge >= 0.3 is 0 Å². The van der Waals surface area contributed by atoms with Crippen molar-refractivity contribution in [3.8, 4) is 11.5 Å². The van der Waals surface area contributed by atoms with E-state index in [2.05, 4.69) is 0 Å². The lowest BCUT2D eigenvalue weighted by atomic mass is 10.00. The first-order valence-corrected chi connectivity index (χ1v) is 5.53. The number of ether oxygens (including phenoxy) is 3. The van der Waals surface area contributed by atoms with E-state index < -0.39 is 6.10 Å². The van der Waals surface area contributed by atoms with Crippen LogP contribution in [-0.4, -0.2) is 32.5 Å². The Kier molecular flexibility index (Phi) is 5.25. The highest BCUT2D eigenvalue weighted by molar-refractivity contribution is 5.48. The molecule has 0 aliphatic rings. The van der Waals surface area contributed by atoms with Gasteiger partial charge in [-0.2, -0.15) is 0 Å². The van der Waals surface area contributed by atoms with Crippen molar-refractivity contribution in [3.63, 3.8) is 0 Å². The third kappa shape index (κ3) is 3.35. The zero-order valence-corrected chi connectivity index (χ0v) is 10.8. The molecule has 4 heteroatoms. The Morgan fingerprint density at radius 2 is 1.59 bits per heavy atom. The molecule has 1 rings (SSSR count). The van der Waals surface area contributed by atoms with E-state index in [4.69, 9.17) is 14.2 Å². The summed E-state index contributed by atoms with van der Waals surface area (Å²) in [5, 5.41) is 9.54. The van der Waals surface area contributed by atoms with Gasteiger partial charge in [0.1, 0.15) is 11.5 Å². The zero-order chi connectivity index (χ0) is 12.8. The summed E-state index contributed by atoms with van der Waals surface area (Å²) in [5.41, 5.74) is 1.86. The van der Waals surface area contributed by atoms with Gasteiger partial charge in [-0.25, -0.2) is 0 Å². The first-order valence-electron chi connectivity index (χ1n) is 5.53. The minimum atomic E-state index is -0.438. The number of hydrogen-bond donors (Lipinski definition) is 1. The molecule has 1 atom stereocenters. The fraction of sp³-hybridized carbons (Fsp3) is 0.538. The molecule has 0 radical (unpaired) electrons. The Bertz CT molecular complexity index is 361. The summed E-state index contributed by atoms with van der Waals surface area (Å²) in [6.45, 7) is 2.18. The largest absolute Gasteiger partial charge is 0.496 e. The maximum absolute atomic E-state index is 9.54. The molecule has 0 saturated carbocycles. The average Bonchev–Trinajstić information content (AvgIpc) is 2.30. The fourth-order valence-electron chi connectivity index (χ4n) is 1.85. The van der Waals surface area contributed by atoms with Crippen molar-refractivity contribution in [1.82, 2.24) is 0 Å². The van der Waals surface area contributed by atoms with E-state index in [0.29, 0.717) is 13.0 Å². The molecule has 1 aromatic rings. The van der Waals surface area contributed by atoms with Gasteiger partial charge in [0.15, 0.2) is 0 Å². The SMILES string of the molecule is COCc1c(OC)ccc(OC)c1CC(C)O. The molecular formula is C13H20O4. The molecule has 0 bridgehead atoms. The molecule has 96 valence electrons. The van der Waals surface area contributed by atoms with Gasteiger partial charge in [0.2, 0.25) is 0 Å². The maximum Gasteiger partial charge on any atom is 0.124 e. The highest BCUT2D eigenvalue weighted by atomic mass is 16.5. The third-order valence-electron chi connectivity index (χ3n) is 2.57. The number of aliphatic hydroxyl groups excluding tert-OH is 1. The first-order chi connectivity index (χ1) is 8.13. The Morgan fingerprint density at radius 3 is 2.00 bits per heavy atom. The smallest absolute Gasteiger partial charge is 0.124 e. The molecule has 17 heavy (non-hydrogen) atoms. The van der Waals surface area contributed by atoms with Crippen LogP contribution < -0.4 is 9.47 Å². The Balaban J connectivity index is 3.24. The summed E-state index contributed by atoms with van der Waals surface area (Å²) in [5.74, 6) is 1.50. The molecule has 4 nitrogen and oxygen atoms in total. The van der Waals surface area contributed by atoms with Crippen molar-refractivity contribution in [3.05, 3.63) is 23.3 Å². The second kappa shape index (κ2) is 6.47. The minimum absolute atomic E-state index is 0.433. The van der Waals surface area contributed by atoms with Crippen LogP contribution in [0.15, 0.2) is 12.1 Å². The third-order valence-corrected chi connectivity index (χ3v) is 2.57. The molecular weight excluding hydrogens is 220 g/mol. The lowest BCUT2D eigenvalue weighted by Gasteiger charge is -2.17. The average molecular weight is 240 g/mol. The zero-order valence-electron chi connectivity index (χ0n) is 10.8. The maximum atomic E-state index is 9.54. The predicted molar refractivity (Wildman–Crippen MR) is 65.6 cm³/mol. The Hall–Kier alpha value is -1.26. The van der Waals surface area contributed by atoms with Crippen molar-refractivity contribution < 1.29 is 19.3 Å². The number of methoxy groups -OCH3 is 3. The Labute approximate surface area is 102 Å². The number of aliphatic hydroxyl groups is 1. The number of hydrogen-bond acceptors (Lipinski definition) is 4. The quantitative estimate of drug-likeness (QED) is 0.823. The van der Waals surface area contributed by atoms with Crippen LogP contribution in [0.5, 0.6) is 11.5 Å². The van der Waals surface area contributed by atoms with Crippen molar-refractivity contribution >= 4 is 0 Å². The van der Waals surface area contributed by atoms with Crippen molar-refractivity contribution in [2.75, 3.05) is 21.3 Å². The van der Waals surface area contributed by atoms with E-state index in [1.807, 2.05) is 12.1 Å². The first kappa shape index (κ1) is 13.8. The lowest BCUT2D eigenvalue weighted by Crippen LogP contribution is -2.10. The van der Waals surface area contributed by atoms with Gasteiger partial charge in [0.05, 0.1) is 26.9 Å². The normalized spacial score (nSPS) is 12.3.